The number of alkyl halides is 2. The van der Waals surface area contributed by atoms with Crippen LogP contribution in [0.1, 0.15) is 18.9 Å². The highest BCUT2D eigenvalue weighted by Gasteiger charge is 2.18. The zero-order valence-electron chi connectivity index (χ0n) is 10.2. The fraction of sp³-hybridized carbons (Fsp3) is 0.571. The van der Waals surface area contributed by atoms with Gasteiger partial charge in [0, 0.05) is 17.9 Å². The number of aliphatic hydroxyl groups excluding tert-OH is 1. The lowest BCUT2D eigenvalue weighted by Gasteiger charge is -2.21. The lowest BCUT2D eigenvalue weighted by atomic mass is 9.89. The first-order valence-corrected chi connectivity index (χ1v) is 6.99. The standard InChI is InChI=1S/C14H20Cl2O/c1-11(14(16)9-15)7-13(10-17)8-12-5-3-2-4-6-12/h2-6,11,13-14,17H,7-10H2,1H3/t11-,13+,14?/m0/s1. The molecule has 0 aliphatic carbocycles. The highest BCUT2D eigenvalue weighted by molar-refractivity contribution is 6.28. The van der Waals surface area contributed by atoms with Gasteiger partial charge in [0.1, 0.15) is 0 Å². The highest BCUT2D eigenvalue weighted by Crippen LogP contribution is 2.23. The van der Waals surface area contributed by atoms with Gasteiger partial charge in [-0.15, -0.1) is 23.2 Å². The zero-order valence-corrected chi connectivity index (χ0v) is 11.7. The number of hydrogen-bond acceptors (Lipinski definition) is 1. The number of benzene rings is 1. The van der Waals surface area contributed by atoms with Gasteiger partial charge in [0.2, 0.25) is 0 Å². The number of halogens is 2. The molecule has 3 heteroatoms. The minimum Gasteiger partial charge on any atom is -0.396 e. The van der Waals surface area contributed by atoms with Crippen molar-refractivity contribution in [2.75, 3.05) is 12.5 Å². The van der Waals surface area contributed by atoms with Crippen molar-refractivity contribution in [1.29, 1.82) is 0 Å². The molecular formula is C14H20Cl2O. The van der Waals surface area contributed by atoms with E-state index in [2.05, 4.69) is 19.1 Å². The molecule has 0 aromatic heterocycles. The van der Waals surface area contributed by atoms with E-state index in [1.807, 2.05) is 18.2 Å². The van der Waals surface area contributed by atoms with E-state index in [9.17, 15) is 5.11 Å². The van der Waals surface area contributed by atoms with Crippen molar-refractivity contribution < 1.29 is 5.11 Å². The summed E-state index contributed by atoms with van der Waals surface area (Å²) in [6.07, 6.45) is 1.81. The van der Waals surface area contributed by atoms with Crippen molar-refractivity contribution >= 4 is 23.2 Å². The average molecular weight is 275 g/mol. The second kappa shape index (κ2) is 7.97. The van der Waals surface area contributed by atoms with E-state index in [0.29, 0.717) is 11.8 Å². The van der Waals surface area contributed by atoms with Crippen molar-refractivity contribution in [2.24, 2.45) is 11.8 Å². The molecule has 0 aliphatic rings. The number of aliphatic hydroxyl groups is 1. The third-order valence-corrected chi connectivity index (χ3v) is 4.17. The van der Waals surface area contributed by atoms with Crippen molar-refractivity contribution in [3.63, 3.8) is 0 Å². The smallest absolute Gasteiger partial charge is 0.0497 e. The van der Waals surface area contributed by atoms with E-state index in [-0.39, 0.29) is 17.9 Å². The van der Waals surface area contributed by atoms with Crippen LogP contribution in [0.3, 0.4) is 0 Å². The van der Waals surface area contributed by atoms with Gasteiger partial charge in [0.15, 0.2) is 0 Å². The first kappa shape index (κ1) is 14.8. The Labute approximate surface area is 114 Å². The van der Waals surface area contributed by atoms with Crippen molar-refractivity contribution in [1.82, 2.24) is 0 Å². The number of rotatable bonds is 7. The Hall–Kier alpha value is -0.240. The molecule has 1 rings (SSSR count). The van der Waals surface area contributed by atoms with Gasteiger partial charge in [-0.05, 0) is 30.2 Å². The van der Waals surface area contributed by atoms with Crippen LogP contribution in [0.25, 0.3) is 0 Å². The summed E-state index contributed by atoms with van der Waals surface area (Å²) >= 11 is 11.8. The molecule has 1 aromatic carbocycles. The normalized spacial score (nSPS) is 16.5. The molecular weight excluding hydrogens is 255 g/mol. The van der Waals surface area contributed by atoms with Crippen LogP contribution in [-0.2, 0) is 6.42 Å². The van der Waals surface area contributed by atoms with Crippen LogP contribution >= 0.6 is 23.2 Å². The SMILES string of the molecule is C[C@@H](C[C@@H](CO)Cc1ccccc1)C(Cl)CCl. The Morgan fingerprint density at radius 3 is 2.41 bits per heavy atom. The lowest BCUT2D eigenvalue weighted by Crippen LogP contribution is -2.20. The Kier molecular flexibility index (Phi) is 6.94. The van der Waals surface area contributed by atoms with Crippen molar-refractivity contribution in [3.05, 3.63) is 35.9 Å². The highest BCUT2D eigenvalue weighted by atomic mass is 35.5. The molecule has 0 fully saturated rings. The van der Waals surface area contributed by atoms with Gasteiger partial charge in [0.25, 0.3) is 0 Å². The van der Waals surface area contributed by atoms with Gasteiger partial charge in [0.05, 0.1) is 0 Å². The molecule has 0 saturated heterocycles. The molecule has 0 amide bonds. The van der Waals surface area contributed by atoms with Gasteiger partial charge < -0.3 is 5.11 Å². The zero-order chi connectivity index (χ0) is 12.7. The fourth-order valence-electron chi connectivity index (χ4n) is 2.00. The lowest BCUT2D eigenvalue weighted by molar-refractivity contribution is 0.202. The monoisotopic (exact) mass is 274 g/mol. The van der Waals surface area contributed by atoms with E-state index < -0.39 is 0 Å². The minimum atomic E-state index is -0.0125. The summed E-state index contributed by atoms with van der Waals surface area (Å²) in [6.45, 7) is 2.29. The van der Waals surface area contributed by atoms with Gasteiger partial charge in [-0.1, -0.05) is 37.3 Å². The first-order chi connectivity index (χ1) is 8.17. The molecule has 0 spiro atoms. The number of hydrogen-bond donors (Lipinski definition) is 1. The van der Waals surface area contributed by atoms with Crippen molar-refractivity contribution in [3.8, 4) is 0 Å². The first-order valence-electron chi connectivity index (χ1n) is 6.02. The van der Waals surface area contributed by atoms with Crippen LogP contribution in [-0.4, -0.2) is 23.0 Å². The second-order valence-corrected chi connectivity index (χ2v) is 5.49. The Morgan fingerprint density at radius 2 is 1.88 bits per heavy atom. The van der Waals surface area contributed by atoms with Gasteiger partial charge >= 0.3 is 0 Å². The maximum Gasteiger partial charge on any atom is 0.0497 e. The molecule has 1 nitrogen and oxygen atoms in total. The van der Waals surface area contributed by atoms with E-state index in [1.165, 1.54) is 5.56 Å². The van der Waals surface area contributed by atoms with Crippen LogP contribution in [0.5, 0.6) is 0 Å². The molecule has 1 aromatic rings. The molecule has 0 heterocycles. The Morgan fingerprint density at radius 1 is 1.24 bits per heavy atom. The molecule has 17 heavy (non-hydrogen) atoms. The molecule has 96 valence electrons. The van der Waals surface area contributed by atoms with Crippen LogP contribution in [0.15, 0.2) is 30.3 Å². The fourth-order valence-corrected chi connectivity index (χ4v) is 2.40. The predicted molar refractivity (Wildman–Crippen MR) is 74.9 cm³/mol. The van der Waals surface area contributed by atoms with E-state index in [1.54, 1.807) is 0 Å². The van der Waals surface area contributed by atoms with E-state index >= 15 is 0 Å². The topological polar surface area (TPSA) is 20.2 Å². The maximum atomic E-state index is 9.41. The van der Waals surface area contributed by atoms with Crippen LogP contribution in [0.4, 0.5) is 0 Å². The Balaban J connectivity index is 2.49. The van der Waals surface area contributed by atoms with Gasteiger partial charge in [-0.3, -0.25) is 0 Å². The molecule has 1 N–H and O–H groups in total. The predicted octanol–water partition coefficient (Wildman–Crippen LogP) is 3.71. The summed E-state index contributed by atoms with van der Waals surface area (Å²) in [6, 6.07) is 10.2. The molecule has 0 bridgehead atoms. The molecule has 1 unspecified atom stereocenters. The van der Waals surface area contributed by atoms with Crippen LogP contribution in [0, 0.1) is 11.8 Å². The van der Waals surface area contributed by atoms with E-state index in [4.69, 9.17) is 23.2 Å². The second-order valence-electron chi connectivity index (χ2n) is 4.62. The third kappa shape index (κ3) is 5.29. The van der Waals surface area contributed by atoms with Gasteiger partial charge in [-0.25, -0.2) is 0 Å². The molecule has 0 saturated carbocycles. The minimum absolute atomic E-state index is 0.0125. The quantitative estimate of drug-likeness (QED) is 0.752. The third-order valence-electron chi connectivity index (χ3n) is 3.10. The van der Waals surface area contributed by atoms with Crippen LogP contribution in [0.2, 0.25) is 0 Å². The summed E-state index contributed by atoms with van der Waals surface area (Å²) in [5, 5.41) is 9.40. The summed E-state index contributed by atoms with van der Waals surface area (Å²) in [7, 11) is 0. The molecule has 0 radical (unpaired) electrons. The van der Waals surface area contributed by atoms with Crippen LogP contribution < -0.4 is 0 Å². The maximum absolute atomic E-state index is 9.41. The summed E-state index contributed by atoms with van der Waals surface area (Å²) < 4.78 is 0. The Bertz CT molecular complexity index is 302. The largest absolute Gasteiger partial charge is 0.396 e. The van der Waals surface area contributed by atoms with Crippen molar-refractivity contribution in [2.45, 2.75) is 25.1 Å². The summed E-state index contributed by atoms with van der Waals surface area (Å²) in [4.78, 5) is 0. The average Bonchev–Trinajstić information content (AvgIpc) is 2.38. The summed E-state index contributed by atoms with van der Waals surface area (Å²) in [5.41, 5.74) is 1.26. The van der Waals surface area contributed by atoms with E-state index in [0.717, 1.165) is 12.8 Å². The molecule has 0 aliphatic heterocycles. The summed E-state index contributed by atoms with van der Waals surface area (Å²) in [5.74, 6) is 1.05. The van der Waals surface area contributed by atoms with Gasteiger partial charge in [-0.2, -0.15) is 0 Å². The molecule has 3 atom stereocenters.